The summed E-state index contributed by atoms with van der Waals surface area (Å²) >= 11 is 0. The zero-order valence-electron chi connectivity index (χ0n) is 16.6. The molecule has 0 spiro atoms. The molecular formula is C22H27N3O3. The Hall–Kier alpha value is -2.86. The third-order valence-corrected chi connectivity index (χ3v) is 5.23. The van der Waals surface area contributed by atoms with Crippen LogP contribution in [0.5, 0.6) is 5.75 Å². The van der Waals surface area contributed by atoms with Crippen LogP contribution in [0.4, 0.5) is 11.4 Å². The summed E-state index contributed by atoms with van der Waals surface area (Å²) < 4.78 is 5.46. The fraction of sp³-hybridized carbons (Fsp3) is 0.364. The highest BCUT2D eigenvalue weighted by Crippen LogP contribution is 2.28. The number of rotatable bonds is 6. The van der Waals surface area contributed by atoms with Crippen molar-refractivity contribution in [2.45, 2.75) is 19.9 Å². The van der Waals surface area contributed by atoms with E-state index in [4.69, 9.17) is 4.74 Å². The Morgan fingerprint density at radius 3 is 2.25 bits per heavy atom. The van der Waals surface area contributed by atoms with Crippen molar-refractivity contribution < 1.29 is 14.3 Å². The summed E-state index contributed by atoms with van der Waals surface area (Å²) in [7, 11) is 1.68. The van der Waals surface area contributed by atoms with E-state index in [9.17, 15) is 9.59 Å². The topological polar surface area (TPSA) is 61.9 Å². The molecule has 1 aliphatic heterocycles. The molecule has 0 aromatic heterocycles. The first-order chi connectivity index (χ1) is 13.5. The van der Waals surface area contributed by atoms with E-state index in [0.29, 0.717) is 11.3 Å². The SMILES string of the molecule is COc1ccccc1N1CCN([C@@H](C)C(=O)Nc2ccc(C(C)=O)cc2)CC1. The smallest absolute Gasteiger partial charge is 0.241 e. The predicted octanol–water partition coefficient (Wildman–Crippen LogP) is 3.05. The number of carbonyl (C=O) groups is 2. The zero-order valence-corrected chi connectivity index (χ0v) is 16.6. The number of amides is 1. The number of nitrogens with one attached hydrogen (secondary N) is 1. The second-order valence-electron chi connectivity index (χ2n) is 6.99. The number of methoxy groups -OCH3 is 1. The summed E-state index contributed by atoms with van der Waals surface area (Å²) in [5.41, 5.74) is 2.43. The van der Waals surface area contributed by atoms with Crippen molar-refractivity contribution in [2.24, 2.45) is 0 Å². The zero-order chi connectivity index (χ0) is 20.1. The van der Waals surface area contributed by atoms with Crippen LogP contribution >= 0.6 is 0 Å². The number of nitrogens with zero attached hydrogens (tertiary/aromatic N) is 2. The Kier molecular flexibility index (Phi) is 6.31. The number of para-hydroxylation sites is 2. The molecule has 1 saturated heterocycles. The van der Waals surface area contributed by atoms with Gasteiger partial charge in [0.05, 0.1) is 18.8 Å². The Bertz CT molecular complexity index is 827. The second kappa shape index (κ2) is 8.89. The molecule has 2 aromatic rings. The molecule has 6 nitrogen and oxygen atoms in total. The van der Waals surface area contributed by atoms with E-state index in [2.05, 4.69) is 21.2 Å². The van der Waals surface area contributed by atoms with Gasteiger partial charge in [0.25, 0.3) is 0 Å². The molecule has 28 heavy (non-hydrogen) atoms. The predicted molar refractivity (Wildman–Crippen MR) is 111 cm³/mol. The molecule has 148 valence electrons. The number of carbonyl (C=O) groups excluding carboxylic acids is 2. The van der Waals surface area contributed by atoms with E-state index in [0.717, 1.165) is 37.6 Å². The van der Waals surface area contributed by atoms with E-state index < -0.39 is 0 Å². The fourth-order valence-corrected chi connectivity index (χ4v) is 3.44. The summed E-state index contributed by atoms with van der Waals surface area (Å²) in [6.07, 6.45) is 0. The maximum absolute atomic E-state index is 12.6. The van der Waals surface area contributed by atoms with Gasteiger partial charge in [0.15, 0.2) is 5.78 Å². The average molecular weight is 381 g/mol. The van der Waals surface area contributed by atoms with E-state index in [1.165, 1.54) is 6.92 Å². The first-order valence-electron chi connectivity index (χ1n) is 9.53. The molecule has 6 heteroatoms. The minimum Gasteiger partial charge on any atom is -0.495 e. The summed E-state index contributed by atoms with van der Waals surface area (Å²) in [6.45, 7) is 6.74. The molecule has 0 saturated carbocycles. The summed E-state index contributed by atoms with van der Waals surface area (Å²) in [5.74, 6) is 0.844. The number of anilines is 2. The molecule has 0 unspecified atom stereocenters. The number of ether oxygens (including phenoxy) is 1. The van der Waals surface area contributed by atoms with Crippen molar-refractivity contribution in [1.82, 2.24) is 4.90 Å². The molecule has 0 bridgehead atoms. The fourth-order valence-electron chi connectivity index (χ4n) is 3.44. The monoisotopic (exact) mass is 381 g/mol. The van der Waals surface area contributed by atoms with Crippen LogP contribution in [0.15, 0.2) is 48.5 Å². The number of hydrogen-bond donors (Lipinski definition) is 1. The van der Waals surface area contributed by atoms with Crippen LogP contribution in [-0.2, 0) is 4.79 Å². The average Bonchev–Trinajstić information content (AvgIpc) is 2.73. The van der Waals surface area contributed by atoms with Crippen molar-refractivity contribution in [2.75, 3.05) is 43.5 Å². The van der Waals surface area contributed by atoms with Gasteiger partial charge >= 0.3 is 0 Å². The minimum atomic E-state index is -0.229. The highest BCUT2D eigenvalue weighted by molar-refractivity contribution is 5.97. The lowest BCUT2D eigenvalue weighted by Crippen LogP contribution is -2.52. The van der Waals surface area contributed by atoms with Crippen LogP contribution in [0, 0.1) is 0 Å². The van der Waals surface area contributed by atoms with E-state index in [1.54, 1.807) is 31.4 Å². The first-order valence-corrected chi connectivity index (χ1v) is 9.53. The second-order valence-corrected chi connectivity index (χ2v) is 6.99. The van der Waals surface area contributed by atoms with Crippen molar-refractivity contribution in [3.8, 4) is 5.75 Å². The van der Waals surface area contributed by atoms with Crippen LogP contribution in [-0.4, -0.2) is 55.9 Å². The lowest BCUT2D eigenvalue weighted by atomic mass is 10.1. The highest BCUT2D eigenvalue weighted by atomic mass is 16.5. The maximum atomic E-state index is 12.6. The van der Waals surface area contributed by atoms with E-state index in [-0.39, 0.29) is 17.7 Å². The van der Waals surface area contributed by atoms with E-state index in [1.807, 2.05) is 25.1 Å². The van der Waals surface area contributed by atoms with Crippen molar-refractivity contribution >= 4 is 23.1 Å². The van der Waals surface area contributed by atoms with Gasteiger partial charge in [-0.2, -0.15) is 0 Å². The molecule has 1 aliphatic rings. The van der Waals surface area contributed by atoms with Crippen LogP contribution in [0.1, 0.15) is 24.2 Å². The number of benzene rings is 2. The number of piperazine rings is 1. The molecular weight excluding hydrogens is 354 g/mol. The van der Waals surface area contributed by atoms with Crippen LogP contribution in [0.2, 0.25) is 0 Å². The van der Waals surface area contributed by atoms with Crippen LogP contribution < -0.4 is 15.0 Å². The van der Waals surface area contributed by atoms with Crippen LogP contribution in [0.3, 0.4) is 0 Å². The summed E-state index contributed by atoms with van der Waals surface area (Å²) in [5, 5.41) is 2.94. The number of ketones is 1. The van der Waals surface area contributed by atoms with Crippen molar-refractivity contribution in [3.63, 3.8) is 0 Å². The Morgan fingerprint density at radius 1 is 1.00 bits per heavy atom. The van der Waals surface area contributed by atoms with Crippen molar-refractivity contribution in [1.29, 1.82) is 0 Å². The maximum Gasteiger partial charge on any atom is 0.241 e. The molecule has 0 radical (unpaired) electrons. The van der Waals surface area contributed by atoms with E-state index >= 15 is 0 Å². The molecule has 1 heterocycles. The molecule has 1 atom stereocenters. The highest BCUT2D eigenvalue weighted by Gasteiger charge is 2.26. The summed E-state index contributed by atoms with van der Waals surface area (Å²) in [4.78, 5) is 28.5. The third-order valence-electron chi connectivity index (χ3n) is 5.23. The standard InChI is InChI=1S/C22H27N3O3/c1-16(22(27)23-19-10-8-18(9-11-19)17(2)26)24-12-14-25(15-13-24)20-6-4-5-7-21(20)28-3/h4-11,16H,12-15H2,1-3H3,(H,23,27)/t16-/m0/s1. The molecule has 1 N–H and O–H groups in total. The van der Waals surface area contributed by atoms with Gasteiger partial charge in [0.2, 0.25) is 5.91 Å². The van der Waals surface area contributed by atoms with Crippen molar-refractivity contribution in [3.05, 3.63) is 54.1 Å². The normalized spacial score (nSPS) is 15.8. The quantitative estimate of drug-likeness (QED) is 0.780. The van der Waals surface area contributed by atoms with Gasteiger partial charge in [-0.1, -0.05) is 12.1 Å². The summed E-state index contributed by atoms with van der Waals surface area (Å²) in [6, 6.07) is 14.8. The molecule has 1 amide bonds. The number of Topliss-reactive ketones (excluding diaryl/α,β-unsaturated/α-hetero) is 1. The van der Waals surface area contributed by atoms with Gasteiger partial charge in [-0.25, -0.2) is 0 Å². The van der Waals surface area contributed by atoms with Crippen LogP contribution in [0.25, 0.3) is 0 Å². The molecule has 0 aliphatic carbocycles. The van der Waals surface area contributed by atoms with Gasteiger partial charge in [-0.3, -0.25) is 14.5 Å². The molecule has 2 aromatic carbocycles. The Balaban J connectivity index is 1.56. The lowest BCUT2D eigenvalue weighted by molar-refractivity contribution is -0.120. The van der Waals surface area contributed by atoms with Gasteiger partial charge in [0, 0.05) is 37.4 Å². The first kappa shape index (κ1) is 19.9. The Labute approximate surface area is 166 Å². The van der Waals surface area contributed by atoms with Gasteiger partial charge < -0.3 is 15.0 Å². The molecule has 3 rings (SSSR count). The largest absolute Gasteiger partial charge is 0.495 e. The van der Waals surface area contributed by atoms with Gasteiger partial charge in [-0.15, -0.1) is 0 Å². The lowest BCUT2D eigenvalue weighted by Gasteiger charge is -2.38. The number of hydrogen-bond acceptors (Lipinski definition) is 5. The van der Waals surface area contributed by atoms with Gasteiger partial charge in [0.1, 0.15) is 5.75 Å². The van der Waals surface area contributed by atoms with Gasteiger partial charge in [-0.05, 0) is 50.2 Å². The molecule has 1 fully saturated rings. The minimum absolute atomic E-state index is 0.0131. The Morgan fingerprint density at radius 2 is 1.64 bits per heavy atom. The third kappa shape index (κ3) is 4.51.